The number of hydrogen-bond acceptors (Lipinski definition) is 3. The molecule has 3 nitrogen and oxygen atoms in total. The number of methoxy groups -OCH3 is 1. The monoisotopic (exact) mass is 222 g/mol. The Bertz CT molecular complexity index is 339. The maximum Gasteiger partial charge on any atom is 0.123 e. The number of hydrogen-bond donors (Lipinski definition) is 2. The Morgan fingerprint density at radius 1 is 1.38 bits per heavy atom. The van der Waals surface area contributed by atoms with Gasteiger partial charge in [0.2, 0.25) is 0 Å². The fourth-order valence-electron chi connectivity index (χ4n) is 1.86. The van der Waals surface area contributed by atoms with Crippen LogP contribution in [0, 0.1) is 12.8 Å². The lowest BCUT2D eigenvalue weighted by Gasteiger charge is -2.22. The van der Waals surface area contributed by atoms with Crippen molar-refractivity contribution < 1.29 is 4.74 Å². The molecule has 0 spiro atoms. The molecule has 3 heteroatoms. The number of rotatable bonds is 5. The molecule has 0 saturated heterocycles. The van der Waals surface area contributed by atoms with Crippen LogP contribution in [-0.4, -0.2) is 13.7 Å². The predicted molar refractivity (Wildman–Crippen MR) is 67.5 cm³/mol. The van der Waals surface area contributed by atoms with E-state index in [9.17, 15) is 0 Å². The zero-order valence-electron chi connectivity index (χ0n) is 10.4. The second kappa shape index (κ2) is 5.87. The van der Waals surface area contributed by atoms with Crippen LogP contribution in [0.3, 0.4) is 0 Å². The van der Waals surface area contributed by atoms with Crippen molar-refractivity contribution in [1.82, 2.24) is 0 Å². The van der Waals surface area contributed by atoms with Gasteiger partial charge < -0.3 is 16.2 Å². The van der Waals surface area contributed by atoms with Crippen molar-refractivity contribution in [2.45, 2.75) is 26.3 Å². The average molecular weight is 222 g/mol. The van der Waals surface area contributed by atoms with Crippen LogP contribution >= 0.6 is 0 Å². The van der Waals surface area contributed by atoms with Gasteiger partial charge in [-0.15, -0.1) is 0 Å². The third kappa shape index (κ3) is 2.97. The topological polar surface area (TPSA) is 61.3 Å². The molecule has 0 aliphatic heterocycles. The highest BCUT2D eigenvalue weighted by atomic mass is 16.5. The Morgan fingerprint density at radius 3 is 2.62 bits per heavy atom. The first-order chi connectivity index (χ1) is 7.60. The molecule has 0 aliphatic rings. The van der Waals surface area contributed by atoms with Gasteiger partial charge in [-0.3, -0.25) is 0 Å². The standard InChI is InChI=1S/C13H22N2O/c1-9-4-5-12(16-3)11(8-9)13(15)10(2)6-7-14/h4-5,8,10,13H,6-7,14-15H2,1-3H3. The molecule has 2 atom stereocenters. The second-order valence-corrected chi connectivity index (χ2v) is 4.33. The van der Waals surface area contributed by atoms with Crippen LogP contribution in [0.5, 0.6) is 5.75 Å². The van der Waals surface area contributed by atoms with Crippen LogP contribution in [0.2, 0.25) is 0 Å². The Kier molecular flexibility index (Phi) is 4.77. The normalized spacial score (nSPS) is 14.6. The van der Waals surface area contributed by atoms with E-state index < -0.39 is 0 Å². The molecule has 90 valence electrons. The quantitative estimate of drug-likeness (QED) is 0.801. The van der Waals surface area contributed by atoms with E-state index in [2.05, 4.69) is 19.9 Å². The van der Waals surface area contributed by atoms with E-state index in [4.69, 9.17) is 16.2 Å². The van der Waals surface area contributed by atoms with Crippen LogP contribution in [0.25, 0.3) is 0 Å². The lowest BCUT2D eigenvalue weighted by atomic mass is 9.91. The summed E-state index contributed by atoms with van der Waals surface area (Å²) in [6.45, 7) is 4.85. The summed E-state index contributed by atoms with van der Waals surface area (Å²) in [6, 6.07) is 6.08. The molecule has 0 aromatic heterocycles. The van der Waals surface area contributed by atoms with Gasteiger partial charge in [-0.05, 0) is 31.9 Å². The highest BCUT2D eigenvalue weighted by Crippen LogP contribution is 2.30. The number of benzene rings is 1. The van der Waals surface area contributed by atoms with Gasteiger partial charge in [0.05, 0.1) is 7.11 Å². The minimum atomic E-state index is -0.0154. The van der Waals surface area contributed by atoms with Crippen LogP contribution in [0.4, 0.5) is 0 Å². The van der Waals surface area contributed by atoms with Crippen molar-refractivity contribution in [1.29, 1.82) is 0 Å². The maximum absolute atomic E-state index is 6.23. The number of aryl methyl sites for hydroxylation is 1. The third-order valence-electron chi connectivity index (χ3n) is 2.98. The molecule has 0 heterocycles. The SMILES string of the molecule is COc1ccc(C)cc1C(N)C(C)CCN. The molecule has 1 aromatic carbocycles. The summed E-state index contributed by atoms with van der Waals surface area (Å²) >= 11 is 0. The minimum Gasteiger partial charge on any atom is -0.496 e. The van der Waals surface area contributed by atoms with Gasteiger partial charge in [0.1, 0.15) is 5.75 Å². The molecule has 0 bridgehead atoms. The van der Waals surface area contributed by atoms with Gasteiger partial charge in [-0.2, -0.15) is 0 Å². The van der Waals surface area contributed by atoms with E-state index in [1.165, 1.54) is 5.56 Å². The highest BCUT2D eigenvalue weighted by Gasteiger charge is 2.18. The van der Waals surface area contributed by atoms with Crippen LogP contribution < -0.4 is 16.2 Å². The summed E-state index contributed by atoms with van der Waals surface area (Å²) in [5.41, 5.74) is 14.1. The minimum absolute atomic E-state index is 0.0154. The van der Waals surface area contributed by atoms with Crippen molar-refractivity contribution in [2.24, 2.45) is 17.4 Å². The summed E-state index contributed by atoms with van der Waals surface area (Å²) < 4.78 is 5.34. The largest absolute Gasteiger partial charge is 0.496 e. The molecule has 0 amide bonds. The summed E-state index contributed by atoms with van der Waals surface area (Å²) in [6.07, 6.45) is 0.929. The predicted octanol–water partition coefficient (Wildman–Crippen LogP) is 1.99. The second-order valence-electron chi connectivity index (χ2n) is 4.33. The molecule has 1 rings (SSSR count). The molecule has 0 radical (unpaired) electrons. The highest BCUT2D eigenvalue weighted by molar-refractivity contribution is 5.39. The van der Waals surface area contributed by atoms with Gasteiger partial charge in [-0.1, -0.05) is 24.6 Å². The fraction of sp³-hybridized carbons (Fsp3) is 0.538. The third-order valence-corrected chi connectivity index (χ3v) is 2.98. The number of nitrogens with two attached hydrogens (primary N) is 2. The molecule has 1 aromatic rings. The van der Waals surface area contributed by atoms with Crippen molar-refractivity contribution >= 4 is 0 Å². The number of ether oxygens (including phenoxy) is 1. The van der Waals surface area contributed by atoms with Crippen LogP contribution in [0.1, 0.15) is 30.5 Å². The Hall–Kier alpha value is -1.06. The molecular formula is C13H22N2O. The van der Waals surface area contributed by atoms with E-state index in [0.29, 0.717) is 12.5 Å². The molecule has 0 fully saturated rings. The van der Waals surface area contributed by atoms with E-state index >= 15 is 0 Å². The lowest BCUT2D eigenvalue weighted by Crippen LogP contribution is -2.22. The summed E-state index contributed by atoms with van der Waals surface area (Å²) in [7, 11) is 1.68. The van der Waals surface area contributed by atoms with Crippen molar-refractivity contribution in [3.63, 3.8) is 0 Å². The Morgan fingerprint density at radius 2 is 2.06 bits per heavy atom. The van der Waals surface area contributed by atoms with E-state index in [-0.39, 0.29) is 6.04 Å². The van der Waals surface area contributed by atoms with E-state index in [1.807, 2.05) is 12.1 Å². The average Bonchev–Trinajstić information content (AvgIpc) is 2.28. The molecule has 16 heavy (non-hydrogen) atoms. The fourth-order valence-corrected chi connectivity index (χ4v) is 1.86. The van der Waals surface area contributed by atoms with Crippen LogP contribution in [-0.2, 0) is 0 Å². The lowest BCUT2D eigenvalue weighted by molar-refractivity contribution is 0.385. The van der Waals surface area contributed by atoms with Crippen molar-refractivity contribution in [3.8, 4) is 5.75 Å². The van der Waals surface area contributed by atoms with Gasteiger partial charge in [-0.25, -0.2) is 0 Å². The Balaban J connectivity index is 2.96. The maximum atomic E-state index is 6.23. The van der Waals surface area contributed by atoms with Crippen molar-refractivity contribution in [3.05, 3.63) is 29.3 Å². The van der Waals surface area contributed by atoms with Crippen molar-refractivity contribution in [2.75, 3.05) is 13.7 Å². The molecule has 4 N–H and O–H groups in total. The first-order valence-corrected chi connectivity index (χ1v) is 5.70. The van der Waals surface area contributed by atoms with Crippen LogP contribution in [0.15, 0.2) is 18.2 Å². The zero-order valence-corrected chi connectivity index (χ0v) is 10.4. The first-order valence-electron chi connectivity index (χ1n) is 5.70. The first kappa shape index (κ1) is 13.0. The van der Waals surface area contributed by atoms with Gasteiger partial charge in [0.15, 0.2) is 0 Å². The summed E-state index contributed by atoms with van der Waals surface area (Å²) in [5, 5.41) is 0. The van der Waals surface area contributed by atoms with E-state index in [0.717, 1.165) is 17.7 Å². The molecular weight excluding hydrogens is 200 g/mol. The Labute approximate surface area is 97.8 Å². The van der Waals surface area contributed by atoms with E-state index in [1.54, 1.807) is 7.11 Å². The van der Waals surface area contributed by atoms with Gasteiger partial charge in [0, 0.05) is 11.6 Å². The zero-order chi connectivity index (χ0) is 12.1. The van der Waals surface area contributed by atoms with Gasteiger partial charge >= 0.3 is 0 Å². The molecule has 0 saturated carbocycles. The molecule has 2 unspecified atom stereocenters. The van der Waals surface area contributed by atoms with Gasteiger partial charge in [0.25, 0.3) is 0 Å². The molecule has 0 aliphatic carbocycles. The summed E-state index contributed by atoms with van der Waals surface area (Å²) in [5.74, 6) is 1.22. The smallest absolute Gasteiger partial charge is 0.123 e. The summed E-state index contributed by atoms with van der Waals surface area (Å²) in [4.78, 5) is 0.